The number of aliphatic hydroxyl groups excluding tert-OH is 2. The number of rotatable bonds is 4. The molecule has 4 aliphatic carbocycles. The molecule has 12 atom stereocenters. The van der Waals surface area contributed by atoms with Gasteiger partial charge in [-0.3, -0.25) is 4.79 Å². The largest absolute Gasteiger partial charge is 0.481 e. The van der Waals surface area contributed by atoms with Crippen molar-refractivity contribution < 1.29 is 34.7 Å². The maximum absolute atomic E-state index is 12.3. The van der Waals surface area contributed by atoms with Gasteiger partial charge >= 0.3 is 5.97 Å². The third-order valence-electron chi connectivity index (χ3n) is 16.3. The number of hydrogen-bond donors (Lipinski definition) is 4. The number of carboxylic acids is 1. The second-order valence-electron chi connectivity index (χ2n) is 19.6. The summed E-state index contributed by atoms with van der Waals surface area (Å²) in [4.78, 5) is 11.8. The normalized spacial score (nSPS) is 43.4. The molecule has 51 heavy (non-hydrogen) atoms. The molecule has 0 spiro atoms. The fourth-order valence-corrected chi connectivity index (χ4v) is 13.9. The van der Waals surface area contributed by atoms with Crippen LogP contribution in [0.5, 0.6) is 0 Å². The van der Waals surface area contributed by atoms with E-state index in [1.54, 1.807) is 0 Å². The Kier molecular flexibility index (Phi) is 6.71. The van der Waals surface area contributed by atoms with Crippen molar-refractivity contribution in [2.75, 3.05) is 0 Å². The minimum Gasteiger partial charge on any atom is -0.481 e. The zero-order valence-electron chi connectivity index (χ0n) is 31.9. The van der Waals surface area contributed by atoms with Crippen molar-refractivity contribution in [2.24, 2.45) is 34.5 Å². The van der Waals surface area contributed by atoms with Gasteiger partial charge in [-0.2, -0.15) is 0 Å². The molecule has 3 aliphatic heterocycles. The molecule has 1 aromatic heterocycles. The lowest BCUT2D eigenvalue weighted by Gasteiger charge is -2.65. The van der Waals surface area contributed by atoms with Crippen LogP contribution < -0.4 is 0 Å². The summed E-state index contributed by atoms with van der Waals surface area (Å²) < 4.78 is 15.6. The van der Waals surface area contributed by atoms with Crippen LogP contribution in [0.15, 0.2) is 24.3 Å². The van der Waals surface area contributed by atoms with Crippen LogP contribution in [0, 0.1) is 34.5 Å². The van der Waals surface area contributed by atoms with E-state index in [2.05, 4.69) is 78.7 Å². The van der Waals surface area contributed by atoms with Gasteiger partial charge < -0.3 is 34.5 Å². The Morgan fingerprint density at radius 2 is 1.75 bits per heavy atom. The number of carboxylic acid groups (broad SMARTS) is 1. The Balaban J connectivity index is 1.22. The zero-order chi connectivity index (χ0) is 36.7. The van der Waals surface area contributed by atoms with E-state index in [4.69, 9.17) is 9.47 Å². The highest BCUT2D eigenvalue weighted by molar-refractivity contribution is 5.97. The fourth-order valence-electron chi connectivity index (χ4n) is 13.9. The molecular weight excluding hydrogens is 642 g/mol. The number of aliphatic carboxylic acids is 1. The number of carbonyl (C=O) groups is 1. The summed E-state index contributed by atoms with van der Waals surface area (Å²) in [6, 6.07) is 2.50. The van der Waals surface area contributed by atoms with E-state index in [1.807, 2.05) is 0 Å². The Hall–Kier alpha value is -2.49. The predicted molar refractivity (Wildman–Crippen MR) is 195 cm³/mol. The molecule has 276 valence electrons. The molecule has 0 amide bonds. The minimum absolute atomic E-state index is 0.0877. The summed E-state index contributed by atoms with van der Waals surface area (Å²) in [5.41, 5.74) is 7.96. The first-order chi connectivity index (χ1) is 23.6. The standard InChI is InChI=1S/C43H57NO7/c1-20(2)28-17-26-31-23(27-18-38(4,5)51-39(6,7)32(27)35(31)46)16-24-25-15-22-11-12-30-40(8,42(22,10)36(25)44(28)33(24)26)13-14-43(49)41(30,9)19-29(50-43)34(45)21(3)37(47)48/h16,18,21-22,28-30,32,34-35,45-46,49H,1,11-15,17,19H2,2-10H3,(H,47,48)/t21-,22-,28+,29-,30+,32+,34+,35+,40-,41-,42+,43-/m0/s1. The van der Waals surface area contributed by atoms with Crippen molar-refractivity contribution in [1.29, 1.82) is 0 Å². The van der Waals surface area contributed by atoms with Gasteiger partial charge in [0.05, 0.1) is 47.0 Å². The van der Waals surface area contributed by atoms with Crippen LogP contribution in [0.2, 0.25) is 0 Å². The number of allylic oxidation sites excluding steroid dienone is 1. The predicted octanol–water partition coefficient (Wildman–Crippen LogP) is 7.15. The van der Waals surface area contributed by atoms with E-state index in [0.717, 1.165) is 43.2 Å². The average Bonchev–Trinajstić information content (AvgIpc) is 3.78. The van der Waals surface area contributed by atoms with Crippen LogP contribution in [-0.2, 0) is 32.5 Å². The van der Waals surface area contributed by atoms with Crippen LogP contribution >= 0.6 is 0 Å². The van der Waals surface area contributed by atoms with Crippen LogP contribution in [0.4, 0.5) is 0 Å². The molecule has 7 aliphatic rings. The first-order valence-electron chi connectivity index (χ1n) is 19.4. The molecule has 4 N–H and O–H groups in total. The molecule has 8 nitrogen and oxygen atoms in total. The number of ether oxygens (including phenoxy) is 2. The van der Waals surface area contributed by atoms with Gasteiger partial charge in [-0.1, -0.05) is 32.9 Å². The Bertz CT molecular complexity index is 1970. The van der Waals surface area contributed by atoms with Crippen LogP contribution in [0.25, 0.3) is 16.5 Å². The van der Waals surface area contributed by atoms with Gasteiger partial charge in [0.15, 0.2) is 5.79 Å². The molecule has 9 rings (SSSR count). The number of nitrogens with zero attached hydrogens (tertiary/aromatic N) is 1. The highest BCUT2D eigenvalue weighted by Crippen LogP contribution is 2.74. The second kappa shape index (κ2) is 9.97. The van der Waals surface area contributed by atoms with Gasteiger partial charge in [0.2, 0.25) is 0 Å². The third kappa shape index (κ3) is 3.92. The monoisotopic (exact) mass is 699 g/mol. The Morgan fingerprint density at radius 1 is 1.04 bits per heavy atom. The molecule has 0 bridgehead atoms. The minimum atomic E-state index is -1.42. The van der Waals surface area contributed by atoms with Crippen LogP contribution in [0.3, 0.4) is 0 Å². The zero-order valence-corrected chi connectivity index (χ0v) is 31.9. The average molecular weight is 700 g/mol. The quantitative estimate of drug-likeness (QED) is 0.250. The number of aromatic nitrogens is 1. The molecule has 4 heterocycles. The molecular formula is C43H57NO7. The number of hydrogen-bond acceptors (Lipinski definition) is 6. The first kappa shape index (κ1) is 34.3. The van der Waals surface area contributed by atoms with Gasteiger partial charge in [0.25, 0.3) is 0 Å². The van der Waals surface area contributed by atoms with E-state index in [9.17, 15) is 25.2 Å². The fraction of sp³-hybridized carbons (Fsp3) is 0.698. The lowest BCUT2D eigenvalue weighted by molar-refractivity contribution is -0.301. The molecule has 2 aromatic rings. The first-order valence-corrected chi connectivity index (χ1v) is 19.4. The number of benzene rings is 1. The summed E-state index contributed by atoms with van der Waals surface area (Å²) in [6.45, 7) is 23.8. The van der Waals surface area contributed by atoms with Gasteiger partial charge in [-0.15, -0.1) is 0 Å². The summed E-state index contributed by atoms with van der Waals surface area (Å²) >= 11 is 0. The van der Waals surface area contributed by atoms with Crippen molar-refractivity contribution in [2.45, 2.75) is 154 Å². The molecule has 0 unspecified atom stereocenters. The van der Waals surface area contributed by atoms with Gasteiger partial charge in [0, 0.05) is 34.2 Å². The Labute approximate surface area is 301 Å². The van der Waals surface area contributed by atoms with Crippen molar-refractivity contribution in [3.05, 3.63) is 52.2 Å². The molecule has 8 heteroatoms. The molecule has 1 aromatic carbocycles. The van der Waals surface area contributed by atoms with Gasteiger partial charge in [0.1, 0.15) is 0 Å². The highest BCUT2D eigenvalue weighted by Gasteiger charge is 2.73. The van der Waals surface area contributed by atoms with Crippen molar-refractivity contribution in [3.63, 3.8) is 0 Å². The topological polar surface area (TPSA) is 121 Å². The lowest BCUT2D eigenvalue weighted by atomic mass is 9.40. The maximum atomic E-state index is 12.3. The van der Waals surface area contributed by atoms with E-state index in [1.165, 1.54) is 45.8 Å². The molecule has 2 saturated carbocycles. The van der Waals surface area contributed by atoms with Crippen molar-refractivity contribution >= 4 is 22.4 Å². The molecule has 3 fully saturated rings. The van der Waals surface area contributed by atoms with E-state index < -0.39 is 52.6 Å². The highest BCUT2D eigenvalue weighted by atomic mass is 16.6. The summed E-state index contributed by atoms with van der Waals surface area (Å²) in [7, 11) is 0. The second-order valence-corrected chi connectivity index (χ2v) is 19.6. The summed E-state index contributed by atoms with van der Waals surface area (Å²) in [5.74, 6) is -3.07. The van der Waals surface area contributed by atoms with Gasteiger partial charge in [-0.05, 0) is 137 Å². The third-order valence-corrected chi connectivity index (χ3v) is 16.3. The molecule has 1 saturated heterocycles. The molecule has 0 radical (unpaired) electrons. The van der Waals surface area contributed by atoms with Crippen molar-refractivity contribution in [1.82, 2.24) is 4.57 Å². The van der Waals surface area contributed by atoms with E-state index >= 15 is 0 Å². The van der Waals surface area contributed by atoms with Crippen molar-refractivity contribution in [3.8, 4) is 0 Å². The summed E-state index contributed by atoms with van der Waals surface area (Å²) in [6.07, 6.45) is 5.09. The van der Waals surface area contributed by atoms with E-state index in [0.29, 0.717) is 18.8 Å². The number of aliphatic hydroxyl groups is 3. The van der Waals surface area contributed by atoms with Crippen LogP contribution in [0.1, 0.15) is 135 Å². The summed E-state index contributed by atoms with van der Waals surface area (Å²) in [5, 5.41) is 46.7. The maximum Gasteiger partial charge on any atom is 0.308 e. The lowest BCUT2D eigenvalue weighted by Crippen LogP contribution is -2.65. The smallest absolute Gasteiger partial charge is 0.308 e. The Morgan fingerprint density at radius 3 is 2.41 bits per heavy atom. The number of fused-ring (bicyclic) bond motifs is 13. The van der Waals surface area contributed by atoms with E-state index in [-0.39, 0.29) is 28.7 Å². The SMILES string of the molecule is C=C(C)[C@H]1Cc2c3c(cc4c5c(n1c24)[C@@]1(C)[C@@H](CC[C@@H]2[C@]1(C)CC[C@]1(O)O[C@H]([C@H](O)[C@H](C)C(=O)O)C[C@@]21C)C5)C1=CC(C)(C)OC(C)(C)[C@H]1[C@@H]3O. The van der Waals surface area contributed by atoms with Crippen LogP contribution in [-0.4, -0.2) is 60.2 Å². The van der Waals surface area contributed by atoms with Gasteiger partial charge in [-0.25, -0.2) is 0 Å².